The van der Waals surface area contributed by atoms with Crippen molar-refractivity contribution >= 4 is 34.9 Å². The number of ether oxygens (including phenoxy) is 2. The van der Waals surface area contributed by atoms with E-state index in [1.807, 2.05) is 18.2 Å². The molecule has 0 saturated carbocycles. The topological polar surface area (TPSA) is 106 Å². The van der Waals surface area contributed by atoms with Crippen molar-refractivity contribution in [3.8, 4) is 17.2 Å². The van der Waals surface area contributed by atoms with Gasteiger partial charge in [-0.3, -0.25) is 4.79 Å². The van der Waals surface area contributed by atoms with E-state index in [-0.39, 0.29) is 11.5 Å². The highest BCUT2D eigenvalue weighted by molar-refractivity contribution is 6.10. The minimum Gasteiger partial charge on any atom is -0.508 e. The van der Waals surface area contributed by atoms with Gasteiger partial charge < -0.3 is 25.2 Å². The molecule has 0 radical (unpaired) electrons. The number of phenols is 1. The molecular weight excluding hydrogens is 444 g/mol. The number of allylic oxidation sites excluding steroid dienone is 1. The Kier molecular flexibility index (Phi) is 7.22. The Balaban J connectivity index is 1.55. The van der Waals surface area contributed by atoms with Crippen LogP contribution in [0.4, 0.5) is 23.0 Å². The number of anilines is 4. The third-order valence-corrected chi connectivity index (χ3v) is 5.10. The Hall–Kier alpha value is -4.85. The van der Waals surface area contributed by atoms with E-state index in [4.69, 9.17) is 9.47 Å². The Labute approximate surface area is 202 Å². The highest BCUT2D eigenvalue weighted by Crippen LogP contribution is 2.31. The summed E-state index contributed by atoms with van der Waals surface area (Å²) in [6.07, 6.45) is 6.46. The van der Waals surface area contributed by atoms with Crippen LogP contribution < -0.4 is 20.1 Å². The molecule has 2 aromatic heterocycles. The van der Waals surface area contributed by atoms with Gasteiger partial charge in [0.25, 0.3) is 0 Å². The lowest BCUT2D eigenvalue weighted by atomic mass is 10.1. The first-order valence-corrected chi connectivity index (χ1v) is 10.7. The molecule has 0 saturated heterocycles. The number of benzene rings is 2. The smallest absolute Gasteiger partial charge is 0.189 e. The number of rotatable bonds is 9. The van der Waals surface area contributed by atoms with Crippen LogP contribution in [-0.4, -0.2) is 35.1 Å². The van der Waals surface area contributed by atoms with Crippen molar-refractivity contribution in [2.75, 3.05) is 24.9 Å². The van der Waals surface area contributed by atoms with Gasteiger partial charge in [-0.1, -0.05) is 0 Å². The Morgan fingerprint density at radius 2 is 1.49 bits per heavy atom. The number of hydrogen-bond donors (Lipinski definition) is 3. The van der Waals surface area contributed by atoms with Crippen LogP contribution in [-0.2, 0) is 0 Å². The van der Waals surface area contributed by atoms with Crippen LogP contribution >= 0.6 is 0 Å². The Morgan fingerprint density at radius 3 is 2.23 bits per heavy atom. The summed E-state index contributed by atoms with van der Waals surface area (Å²) in [5.41, 5.74) is 2.60. The van der Waals surface area contributed by atoms with Crippen molar-refractivity contribution in [1.29, 1.82) is 0 Å². The Bertz CT molecular complexity index is 1350. The summed E-state index contributed by atoms with van der Waals surface area (Å²) in [6.45, 7) is 0. The highest BCUT2D eigenvalue weighted by Gasteiger charge is 2.11. The monoisotopic (exact) mass is 468 g/mol. The molecule has 0 atom stereocenters. The number of methoxy groups -OCH3 is 2. The minimum atomic E-state index is -0.222. The molecule has 4 aromatic rings. The van der Waals surface area contributed by atoms with E-state index in [9.17, 15) is 9.90 Å². The molecule has 2 aromatic carbocycles. The molecule has 8 nitrogen and oxygen atoms in total. The van der Waals surface area contributed by atoms with Crippen molar-refractivity contribution in [3.05, 3.63) is 96.3 Å². The van der Waals surface area contributed by atoms with Crippen LogP contribution in [0.5, 0.6) is 17.2 Å². The average molecular weight is 469 g/mol. The van der Waals surface area contributed by atoms with Crippen molar-refractivity contribution < 1.29 is 19.4 Å². The predicted molar refractivity (Wildman–Crippen MR) is 136 cm³/mol. The third kappa shape index (κ3) is 5.75. The van der Waals surface area contributed by atoms with E-state index < -0.39 is 0 Å². The van der Waals surface area contributed by atoms with Gasteiger partial charge in [0, 0.05) is 35.4 Å². The molecule has 4 rings (SSSR count). The predicted octanol–water partition coefficient (Wildman–Crippen LogP) is 5.58. The quantitative estimate of drug-likeness (QED) is 0.166. The van der Waals surface area contributed by atoms with Crippen LogP contribution in [0.25, 0.3) is 6.08 Å². The van der Waals surface area contributed by atoms with Crippen molar-refractivity contribution in [1.82, 2.24) is 9.97 Å². The number of nitrogens with zero attached hydrogens (tertiary/aromatic N) is 2. The number of ketones is 1. The second-order valence-electron chi connectivity index (χ2n) is 7.41. The largest absolute Gasteiger partial charge is 0.508 e. The molecule has 2 heterocycles. The lowest BCUT2D eigenvalue weighted by molar-refractivity contribution is 0.104. The molecule has 3 N–H and O–H groups in total. The lowest BCUT2D eigenvalue weighted by Gasteiger charge is -2.12. The molecule has 0 bridgehead atoms. The molecule has 0 spiro atoms. The van der Waals surface area contributed by atoms with Crippen LogP contribution in [0, 0.1) is 0 Å². The summed E-state index contributed by atoms with van der Waals surface area (Å²) in [4.78, 5) is 21.7. The van der Waals surface area contributed by atoms with E-state index in [1.165, 1.54) is 6.08 Å². The number of carbonyl (C=O) groups excluding carboxylic acids is 1. The summed E-state index contributed by atoms with van der Waals surface area (Å²) in [6, 6.07) is 19.1. The van der Waals surface area contributed by atoms with Gasteiger partial charge in [0.15, 0.2) is 17.3 Å². The highest BCUT2D eigenvalue weighted by atomic mass is 16.5. The summed E-state index contributed by atoms with van der Waals surface area (Å²) in [5, 5.41) is 15.9. The first kappa shape index (κ1) is 23.3. The lowest BCUT2D eigenvalue weighted by Crippen LogP contribution is -2.03. The van der Waals surface area contributed by atoms with Crippen molar-refractivity contribution in [2.24, 2.45) is 0 Å². The average Bonchev–Trinajstić information content (AvgIpc) is 2.89. The molecule has 0 aliphatic rings. The van der Waals surface area contributed by atoms with Gasteiger partial charge in [0.2, 0.25) is 0 Å². The fourth-order valence-electron chi connectivity index (χ4n) is 3.35. The normalized spacial score (nSPS) is 10.7. The molecule has 0 aliphatic heterocycles. The van der Waals surface area contributed by atoms with E-state index in [0.29, 0.717) is 34.4 Å². The SMILES string of the molecule is COc1ccc(Nc2ncccc2/C=C/C(=O)c2cccnc2Nc2ccc(O)cc2)cc1OC. The van der Waals surface area contributed by atoms with Gasteiger partial charge in [-0.05, 0) is 72.8 Å². The van der Waals surface area contributed by atoms with Crippen LogP contribution in [0.3, 0.4) is 0 Å². The maximum absolute atomic E-state index is 13.0. The second-order valence-corrected chi connectivity index (χ2v) is 7.41. The number of pyridine rings is 2. The zero-order chi connectivity index (χ0) is 24.6. The van der Waals surface area contributed by atoms with Crippen LogP contribution in [0.15, 0.2) is 85.2 Å². The number of phenolic OH excluding ortho intramolecular Hbond substituents is 1. The van der Waals surface area contributed by atoms with E-state index in [0.717, 1.165) is 11.3 Å². The van der Waals surface area contributed by atoms with Crippen molar-refractivity contribution in [3.63, 3.8) is 0 Å². The summed E-state index contributed by atoms with van der Waals surface area (Å²) >= 11 is 0. The van der Waals surface area contributed by atoms with Gasteiger partial charge in [0.05, 0.1) is 19.8 Å². The van der Waals surface area contributed by atoms with Gasteiger partial charge in [-0.2, -0.15) is 0 Å². The number of hydrogen-bond acceptors (Lipinski definition) is 8. The molecule has 0 fully saturated rings. The van der Waals surface area contributed by atoms with Gasteiger partial charge in [0.1, 0.15) is 17.4 Å². The first-order chi connectivity index (χ1) is 17.1. The third-order valence-electron chi connectivity index (χ3n) is 5.10. The maximum atomic E-state index is 13.0. The van der Waals surface area contributed by atoms with E-state index in [1.54, 1.807) is 81.2 Å². The number of nitrogens with one attached hydrogen (secondary N) is 2. The summed E-state index contributed by atoms with van der Waals surface area (Å²) in [7, 11) is 3.16. The molecule has 0 amide bonds. The van der Waals surface area contributed by atoms with Crippen LogP contribution in [0.2, 0.25) is 0 Å². The van der Waals surface area contributed by atoms with E-state index >= 15 is 0 Å². The molecular formula is C27H24N4O4. The molecule has 176 valence electrons. The van der Waals surface area contributed by atoms with E-state index in [2.05, 4.69) is 20.6 Å². The van der Waals surface area contributed by atoms with Crippen molar-refractivity contribution in [2.45, 2.75) is 0 Å². The Morgan fingerprint density at radius 1 is 0.829 bits per heavy atom. The standard InChI is InChI=1S/C27H24N4O4/c1-34-24-14-10-20(17-25(24)35-2)31-26-18(5-3-15-28-26)7-13-23(33)22-6-4-16-29-27(22)30-19-8-11-21(32)12-9-19/h3-17,32H,1-2H3,(H,28,31)(H,29,30)/b13-7+. The summed E-state index contributed by atoms with van der Waals surface area (Å²) in [5.74, 6) is 2.15. The number of carbonyl (C=O) groups is 1. The number of aromatic nitrogens is 2. The zero-order valence-electron chi connectivity index (χ0n) is 19.2. The van der Waals surface area contributed by atoms with Crippen LogP contribution in [0.1, 0.15) is 15.9 Å². The minimum absolute atomic E-state index is 0.157. The van der Waals surface area contributed by atoms with Gasteiger partial charge >= 0.3 is 0 Å². The fraction of sp³-hybridized carbons (Fsp3) is 0.0741. The fourth-order valence-corrected chi connectivity index (χ4v) is 3.35. The number of aromatic hydroxyl groups is 1. The zero-order valence-corrected chi connectivity index (χ0v) is 19.2. The van der Waals surface area contributed by atoms with Gasteiger partial charge in [-0.15, -0.1) is 0 Å². The van der Waals surface area contributed by atoms with Gasteiger partial charge in [-0.25, -0.2) is 9.97 Å². The molecule has 0 unspecified atom stereocenters. The second kappa shape index (κ2) is 10.8. The molecule has 35 heavy (non-hydrogen) atoms. The first-order valence-electron chi connectivity index (χ1n) is 10.7. The molecule has 0 aliphatic carbocycles. The summed E-state index contributed by atoms with van der Waals surface area (Å²) < 4.78 is 10.7. The molecule has 8 heteroatoms. The maximum Gasteiger partial charge on any atom is 0.189 e.